The van der Waals surface area contributed by atoms with E-state index in [1.165, 1.54) is 0 Å². The van der Waals surface area contributed by atoms with Gasteiger partial charge in [0.25, 0.3) is 0 Å². The zero-order chi connectivity index (χ0) is 11.7. The van der Waals surface area contributed by atoms with Gasteiger partial charge in [0, 0.05) is 18.0 Å². The summed E-state index contributed by atoms with van der Waals surface area (Å²) < 4.78 is 0. The molecule has 1 amide bonds. The van der Waals surface area contributed by atoms with Crippen molar-refractivity contribution < 1.29 is 9.90 Å². The highest BCUT2D eigenvalue weighted by molar-refractivity contribution is 5.79. The smallest absolute Gasteiger partial charge is 0.238 e. The summed E-state index contributed by atoms with van der Waals surface area (Å²) in [5.74, 6) is 0.307. The number of para-hydroxylation sites is 1. The van der Waals surface area contributed by atoms with Crippen LogP contribution in [0.4, 0.5) is 0 Å². The highest BCUT2D eigenvalue weighted by Gasteiger charge is 2.32. The van der Waals surface area contributed by atoms with Gasteiger partial charge in [-0.25, -0.2) is 5.43 Å². The van der Waals surface area contributed by atoms with E-state index >= 15 is 0 Å². The lowest BCUT2D eigenvalue weighted by molar-refractivity contribution is -0.131. The first-order valence-corrected chi connectivity index (χ1v) is 5.45. The molecule has 16 heavy (non-hydrogen) atoms. The summed E-state index contributed by atoms with van der Waals surface area (Å²) in [5.41, 5.74) is 3.90. The Morgan fingerprint density at radius 2 is 2.12 bits per heavy atom. The van der Waals surface area contributed by atoms with Crippen LogP contribution in [0.2, 0.25) is 0 Å². The molecule has 2 N–H and O–H groups in total. The predicted octanol–water partition coefficient (Wildman–Crippen LogP) is 1.58. The monoisotopic (exact) mass is 220 g/mol. The van der Waals surface area contributed by atoms with Gasteiger partial charge in [0.15, 0.2) is 0 Å². The first kappa shape index (κ1) is 11.0. The third kappa shape index (κ3) is 1.88. The van der Waals surface area contributed by atoms with E-state index in [0.29, 0.717) is 6.42 Å². The Morgan fingerprint density at radius 3 is 2.69 bits per heavy atom. The molecule has 1 aromatic carbocycles. The molecule has 1 heterocycles. The number of carbonyl (C=O) groups is 1. The first-order valence-electron chi connectivity index (χ1n) is 5.45. The topological polar surface area (TPSA) is 52.6 Å². The number of nitrogens with zero attached hydrogens (tertiary/aromatic N) is 1. The van der Waals surface area contributed by atoms with Gasteiger partial charge in [0.05, 0.1) is 6.04 Å². The quantitative estimate of drug-likeness (QED) is 0.795. The number of hydrogen-bond donors (Lipinski definition) is 2. The molecular weight excluding hydrogens is 204 g/mol. The Hall–Kier alpha value is -1.55. The number of aromatic hydroxyl groups is 1. The summed E-state index contributed by atoms with van der Waals surface area (Å²) in [6.45, 7) is 3.91. The molecule has 0 aliphatic carbocycles. The molecule has 0 aromatic heterocycles. The van der Waals surface area contributed by atoms with Crippen LogP contribution >= 0.6 is 0 Å². The lowest BCUT2D eigenvalue weighted by Crippen LogP contribution is -2.40. The van der Waals surface area contributed by atoms with E-state index in [-0.39, 0.29) is 23.7 Å². The standard InChI is InChI=1S/C12H16N2O2/c1-8(2)14-12(16)7-10(13-14)9-5-3-4-6-11(9)15/h3-6,8,10,13,15H,7H2,1-2H3. The van der Waals surface area contributed by atoms with Crippen molar-refractivity contribution in [3.8, 4) is 5.75 Å². The summed E-state index contributed by atoms with van der Waals surface area (Å²) in [5, 5.41) is 11.3. The van der Waals surface area contributed by atoms with Crippen molar-refractivity contribution >= 4 is 5.91 Å². The van der Waals surface area contributed by atoms with Crippen molar-refractivity contribution in [1.82, 2.24) is 10.4 Å². The van der Waals surface area contributed by atoms with E-state index in [4.69, 9.17) is 0 Å². The molecule has 1 fully saturated rings. The van der Waals surface area contributed by atoms with Crippen molar-refractivity contribution in [1.29, 1.82) is 0 Å². The molecule has 1 aliphatic rings. The van der Waals surface area contributed by atoms with Crippen LogP contribution in [0, 0.1) is 0 Å². The maximum atomic E-state index is 11.7. The van der Waals surface area contributed by atoms with Gasteiger partial charge in [-0.05, 0) is 19.9 Å². The van der Waals surface area contributed by atoms with Crippen LogP contribution in [-0.2, 0) is 4.79 Å². The minimum Gasteiger partial charge on any atom is -0.508 e. The fraction of sp³-hybridized carbons (Fsp3) is 0.417. The SMILES string of the molecule is CC(C)N1NC(c2ccccc2O)CC1=O. The average molecular weight is 220 g/mol. The summed E-state index contributed by atoms with van der Waals surface area (Å²) in [7, 11) is 0. The molecule has 1 aliphatic heterocycles. The first-order chi connectivity index (χ1) is 7.59. The van der Waals surface area contributed by atoms with Gasteiger partial charge < -0.3 is 5.11 Å². The Labute approximate surface area is 94.9 Å². The maximum Gasteiger partial charge on any atom is 0.238 e. The third-order valence-electron chi connectivity index (χ3n) is 2.77. The van der Waals surface area contributed by atoms with Gasteiger partial charge in [-0.15, -0.1) is 0 Å². The van der Waals surface area contributed by atoms with Crippen molar-refractivity contribution in [2.24, 2.45) is 0 Å². The molecule has 4 nitrogen and oxygen atoms in total. The van der Waals surface area contributed by atoms with Crippen molar-refractivity contribution in [2.45, 2.75) is 32.4 Å². The maximum absolute atomic E-state index is 11.7. The molecule has 0 bridgehead atoms. The van der Waals surface area contributed by atoms with Crippen LogP contribution in [0.25, 0.3) is 0 Å². The fourth-order valence-electron chi connectivity index (χ4n) is 1.96. The Morgan fingerprint density at radius 1 is 1.44 bits per heavy atom. The molecule has 0 radical (unpaired) electrons. The van der Waals surface area contributed by atoms with Gasteiger partial charge in [-0.3, -0.25) is 9.80 Å². The Kier molecular flexibility index (Phi) is 2.83. The second kappa shape index (κ2) is 4.14. The van der Waals surface area contributed by atoms with Crippen molar-refractivity contribution in [3.05, 3.63) is 29.8 Å². The molecule has 1 atom stereocenters. The summed E-state index contributed by atoms with van der Waals surface area (Å²) >= 11 is 0. The molecule has 1 unspecified atom stereocenters. The molecular formula is C12H16N2O2. The summed E-state index contributed by atoms with van der Waals surface area (Å²) in [6.07, 6.45) is 0.399. The molecule has 0 saturated carbocycles. The van der Waals surface area contributed by atoms with Gasteiger partial charge in [0.1, 0.15) is 5.75 Å². The number of hydrogen-bond acceptors (Lipinski definition) is 3. The van der Waals surface area contributed by atoms with E-state index in [0.717, 1.165) is 5.56 Å². The minimum absolute atomic E-state index is 0.0725. The summed E-state index contributed by atoms with van der Waals surface area (Å²) in [4.78, 5) is 11.7. The van der Waals surface area contributed by atoms with Gasteiger partial charge in [-0.1, -0.05) is 18.2 Å². The van der Waals surface area contributed by atoms with Gasteiger partial charge in [-0.2, -0.15) is 0 Å². The Balaban J connectivity index is 2.20. The molecule has 4 heteroatoms. The van der Waals surface area contributed by atoms with Crippen LogP contribution in [0.15, 0.2) is 24.3 Å². The van der Waals surface area contributed by atoms with Crippen molar-refractivity contribution in [3.63, 3.8) is 0 Å². The van der Waals surface area contributed by atoms with Gasteiger partial charge in [0.2, 0.25) is 5.91 Å². The average Bonchev–Trinajstić information content (AvgIpc) is 2.61. The van der Waals surface area contributed by atoms with Crippen LogP contribution in [-0.4, -0.2) is 22.1 Å². The minimum atomic E-state index is -0.115. The number of amides is 1. The number of nitrogens with one attached hydrogen (secondary N) is 1. The second-order valence-corrected chi connectivity index (χ2v) is 4.30. The van der Waals surface area contributed by atoms with Crippen LogP contribution in [0.1, 0.15) is 31.9 Å². The molecule has 1 aromatic rings. The van der Waals surface area contributed by atoms with E-state index < -0.39 is 0 Å². The lowest BCUT2D eigenvalue weighted by atomic mass is 10.0. The highest BCUT2D eigenvalue weighted by Crippen LogP contribution is 2.30. The number of carbonyl (C=O) groups excluding carboxylic acids is 1. The van der Waals surface area contributed by atoms with E-state index in [1.807, 2.05) is 26.0 Å². The number of phenolic OH excluding ortho intramolecular Hbond substituents is 1. The predicted molar refractivity (Wildman–Crippen MR) is 60.6 cm³/mol. The largest absolute Gasteiger partial charge is 0.508 e. The second-order valence-electron chi connectivity index (χ2n) is 4.30. The van der Waals surface area contributed by atoms with E-state index in [1.54, 1.807) is 17.1 Å². The van der Waals surface area contributed by atoms with E-state index in [9.17, 15) is 9.90 Å². The van der Waals surface area contributed by atoms with Crippen LogP contribution in [0.3, 0.4) is 0 Å². The van der Waals surface area contributed by atoms with Crippen LogP contribution < -0.4 is 5.43 Å². The zero-order valence-electron chi connectivity index (χ0n) is 9.47. The van der Waals surface area contributed by atoms with E-state index in [2.05, 4.69) is 5.43 Å². The number of rotatable bonds is 2. The molecule has 0 spiro atoms. The fourth-order valence-corrected chi connectivity index (χ4v) is 1.96. The third-order valence-corrected chi connectivity index (χ3v) is 2.77. The molecule has 1 saturated heterocycles. The lowest BCUT2D eigenvalue weighted by Gasteiger charge is -2.22. The molecule has 86 valence electrons. The molecule has 2 rings (SSSR count). The van der Waals surface area contributed by atoms with Crippen molar-refractivity contribution in [2.75, 3.05) is 0 Å². The normalized spacial score (nSPS) is 20.8. The highest BCUT2D eigenvalue weighted by atomic mass is 16.3. The Bertz CT molecular complexity index is 404. The van der Waals surface area contributed by atoms with Gasteiger partial charge >= 0.3 is 0 Å². The number of phenols is 1. The number of benzene rings is 1. The number of hydrazine groups is 1. The van der Waals surface area contributed by atoms with Crippen LogP contribution in [0.5, 0.6) is 5.75 Å². The summed E-state index contributed by atoms with van der Waals surface area (Å²) in [6, 6.07) is 7.12. The zero-order valence-corrected chi connectivity index (χ0v) is 9.47.